The second-order valence-electron chi connectivity index (χ2n) is 4.15. The molecule has 0 atom stereocenters. The highest BCUT2D eigenvalue weighted by Crippen LogP contribution is 2.26. The second-order valence-corrected chi connectivity index (χ2v) is 5.40. The lowest BCUT2D eigenvalue weighted by atomic mass is 10.2. The first kappa shape index (κ1) is 14.1. The molecule has 0 spiro atoms. The normalized spacial score (nSPS) is 10.3. The highest BCUT2D eigenvalue weighted by Gasteiger charge is 2.05. The van der Waals surface area contributed by atoms with Crippen LogP contribution in [0.1, 0.15) is 11.1 Å². The van der Waals surface area contributed by atoms with Crippen LogP contribution in [0.15, 0.2) is 36.4 Å². The summed E-state index contributed by atoms with van der Waals surface area (Å²) in [6.45, 7) is 1.96. The van der Waals surface area contributed by atoms with Gasteiger partial charge in [0.25, 0.3) is 0 Å². The van der Waals surface area contributed by atoms with Crippen LogP contribution in [0.3, 0.4) is 0 Å². The van der Waals surface area contributed by atoms with Crippen molar-refractivity contribution in [3.05, 3.63) is 57.6 Å². The fourth-order valence-corrected chi connectivity index (χ4v) is 2.33. The van der Waals surface area contributed by atoms with Crippen LogP contribution in [0.4, 0.5) is 11.4 Å². The second kappa shape index (κ2) is 5.78. The number of aryl methyl sites for hydroxylation is 1. The van der Waals surface area contributed by atoms with E-state index in [9.17, 15) is 0 Å². The minimum atomic E-state index is 0.287. The molecule has 0 fully saturated rings. The first-order chi connectivity index (χ1) is 8.97. The standard InChI is InChI=1S/C14H12Cl2N2S/c1-8-2-3-9(6-12(8)15)18-10-4-5-11(14(17)19)13(16)7-10/h2-7,18H,1H3,(H2,17,19). The largest absolute Gasteiger partial charge is 0.389 e. The molecule has 0 saturated carbocycles. The van der Waals surface area contributed by atoms with E-state index in [0.717, 1.165) is 22.0 Å². The SMILES string of the molecule is Cc1ccc(Nc2ccc(C(N)=S)c(Cl)c2)cc1Cl. The number of benzene rings is 2. The van der Waals surface area contributed by atoms with E-state index in [0.29, 0.717) is 10.6 Å². The van der Waals surface area contributed by atoms with Crippen LogP contribution in [0.2, 0.25) is 10.0 Å². The topological polar surface area (TPSA) is 38.0 Å². The summed E-state index contributed by atoms with van der Waals surface area (Å²) in [5, 5.41) is 4.47. The van der Waals surface area contributed by atoms with Gasteiger partial charge in [-0.25, -0.2) is 0 Å². The van der Waals surface area contributed by atoms with Crippen molar-refractivity contribution in [3.63, 3.8) is 0 Å². The predicted molar refractivity (Wildman–Crippen MR) is 86.8 cm³/mol. The molecule has 0 bridgehead atoms. The fraction of sp³-hybridized carbons (Fsp3) is 0.0714. The fourth-order valence-electron chi connectivity index (χ4n) is 1.63. The van der Waals surface area contributed by atoms with Gasteiger partial charge in [0.05, 0.1) is 5.02 Å². The Morgan fingerprint density at radius 2 is 1.63 bits per heavy atom. The Kier molecular flexibility index (Phi) is 4.30. The maximum atomic E-state index is 6.11. The number of nitrogens with two attached hydrogens (primary N) is 1. The van der Waals surface area contributed by atoms with Gasteiger partial charge in [-0.2, -0.15) is 0 Å². The van der Waals surface area contributed by atoms with Gasteiger partial charge in [0.15, 0.2) is 0 Å². The molecule has 2 aromatic carbocycles. The first-order valence-corrected chi connectivity index (χ1v) is 6.76. The van der Waals surface area contributed by atoms with Crippen molar-refractivity contribution >= 4 is 51.8 Å². The van der Waals surface area contributed by atoms with Crippen LogP contribution < -0.4 is 11.1 Å². The van der Waals surface area contributed by atoms with Gasteiger partial charge in [0, 0.05) is 22.0 Å². The van der Waals surface area contributed by atoms with Gasteiger partial charge in [-0.1, -0.05) is 41.5 Å². The number of rotatable bonds is 3. The number of nitrogens with one attached hydrogen (secondary N) is 1. The van der Waals surface area contributed by atoms with E-state index < -0.39 is 0 Å². The molecule has 5 heteroatoms. The maximum Gasteiger partial charge on any atom is 0.105 e. The Bertz CT molecular complexity index is 641. The average molecular weight is 311 g/mol. The molecule has 0 amide bonds. The van der Waals surface area contributed by atoms with Crippen LogP contribution in [0, 0.1) is 6.92 Å². The smallest absolute Gasteiger partial charge is 0.105 e. The van der Waals surface area contributed by atoms with Crippen molar-refractivity contribution in [3.8, 4) is 0 Å². The number of hydrogen-bond donors (Lipinski definition) is 2. The molecular weight excluding hydrogens is 299 g/mol. The molecule has 0 unspecified atom stereocenters. The van der Waals surface area contributed by atoms with Crippen molar-refractivity contribution in [2.45, 2.75) is 6.92 Å². The van der Waals surface area contributed by atoms with Crippen molar-refractivity contribution in [1.82, 2.24) is 0 Å². The molecule has 0 aromatic heterocycles. The molecule has 0 aliphatic rings. The molecule has 0 heterocycles. The zero-order valence-corrected chi connectivity index (χ0v) is 12.5. The minimum absolute atomic E-state index is 0.287. The molecule has 0 aliphatic carbocycles. The lowest BCUT2D eigenvalue weighted by molar-refractivity contribution is 1.45. The van der Waals surface area contributed by atoms with Gasteiger partial charge in [-0.15, -0.1) is 0 Å². The summed E-state index contributed by atoms with van der Waals surface area (Å²) in [5.41, 5.74) is 9.02. The van der Waals surface area contributed by atoms with E-state index in [1.54, 1.807) is 12.1 Å². The summed E-state index contributed by atoms with van der Waals surface area (Å²) >= 11 is 17.1. The Hall–Kier alpha value is -1.29. The quantitative estimate of drug-likeness (QED) is 0.808. The molecule has 19 heavy (non-hydrogen) atoms. The summed E-state index contributed by atoms with van der Waals surface area (Å²) in [4.78, 5) is 0.287. The Labute approximate surface area is 127 Å². The van der Waals surface area contributed by atoms with Crippen molar-refractivity contribution in [2.75, 3.05) is 5.32 Å². The molecule has 98 valence electrons. The number of anilines is 2. The van der Waals surface area contributed by atoms with E-state index in [1.165, 1.54) is 0 Å². The van der Waals surface area contributed by atoms with Gasteiger partial charge in [0.1, 0.15) is 4.99 Å². The number of thiocarbonyl (C=S) groups is 1. The Morgan fingerprint density at radius 1 is 1.05 bits per heavy atom. The van der Waals surface area contributed by atoms with E-state index in [-0.39, 0.29) is 4.99 Å². The minimum Gasteiger partial charge on any atom is -0.389 e. The summed E-state index contributed by atoms with van der Waals surface area (Å²) in [6, 6.07) is 11.2. The summed E-state index contributed by atoms with van der Waals surface area (Å²) in [5.74, 6) is 0. The predicted octanol–water partition coefficient (Wildman–Crippen LogP) is 4.68. The lowest BCUT2D eigenvalue weighted by Crippen LogP contribution is -2.09. The monoisotopic (exact) mass is 310 g/mol. The third-order valence-corrected chi connectivity index (χ3v) is 3.63. The third kappa shape index (κ3) is 3.38. The molecule has 0 saturated heterocycles. The Balaban J connectivity index is 2.26. The highest BCUT2D eigenvalue weighted by atomic mass is 35.5. The number of hydrogen-bond acceptors (Lipinski definition) is 2. The van der Waals surface area contributed by atoms with Gasteiger partial charge >= 0.3 is 0 Å². The van der Waals surface area contributed by atoms with Gasteiger partial charge in [-0.3, -0.25) is 0 Å². The van der Waals surface area contributed by atoms with Crippen LogP contribution in [0.5, 0.6) is 0 Å². The third-order valence-electron chi connectivity index (χ3n) is 2.70. The van der Waals surface area contributed by atoms with Crippen molar-refractivity contribution in [2.24, 2.45) is 5.73 Å². The molecule has 0 aliphatic heterocycles. The molecule has 0 radical (unpaired) electrons. The van der Waals surface area contributed by atoms with Crippen LogP contribution in [-0.4, -0.2) is 4.99 Å². The van der Waals surface area contributed by atoms with Crippen LogP contribution in [0.25, 0.3) is 0 Å². The van der Waals surface area contributed by atoms with Crippen molar-refractivity contribution in [1.29, 1.82) is 0 Å². The summed E-state index contributed by atoms with van der Waals surface area (Å²) in [6.07, 6.45) is 0. The van der Waals surface area contributed by atoms with E-state index in [4.69, 9.17) is 41.2 Å². The Morgan fingerprint density at radius 3 is 2.16 bits per heavy atom. The molecular formula is C14H12Cl2N2S. The van der Waals surface area contributed by atoms with Gasteiger partial charge in [-0.05, 0) is 42.8 Å². The number of halogens is 2. The van der Waals surface area contributed by atoms with E-state index in [1.807, 2.05) is 31.2 Å². The summed E-state index contributed by atoms with van der Waals surface area (Å²) in [7, 11) is 0. The zero-order chi connectivity index (χ0) is 14.0. The lowest BCUT2D eigenvalue weighted by Gasteiger charge is -2.10. The molecule has 2 rings (SSSR count). The summed E-state index contributed by atoms with van der Waals surface area (Å²) < 4.78 is 0. The highest BCUT2D eigenvalue weighted by molar-refractivity contribution is 7.80. The maximum absolute atomic E-state index is 6.11. The first-order valence-electron chi connectivity index (χ1n) is 5.60. The van der Waals surface area contributed by atoms with E-state index >= 15 is 0 Å². The van der Waals surface area contributed by atoms with Gasteiger partial charge in [0.2, 0.25) is 0 Å². The van der Waals surface area contributed by atoms with E-state index in [2.05, 4.69) is 5.32 Å². The molecule has 3 N–H and O–H groups in total. The molecule has 2 nitrogen and oxygen atoms in total. The van der Waals surface area contributed by atoms with Gasteiger partial charge < -0.3 is 11.1 Å². The van der Waals surface area contributed by atoms with Crippen LogP contribution in [-0.2, 0) is 0 Å². The van der Waals surface area contributed by atoms with Crippen LogP contribution >= 0.6 is 35.4 Å². The zero-order valence-electron chi connectivity index (χ0n) is 10.2. The molecule has 2 aromatic rings. The average Bonchev–Trinajstić information content (AvgIpc) is 2.33. The van der Waals surface area contributed by atoms with Crippen molar-refractivity contribution < 1.29 is 0 Å².